The number of carboxylic acid groups (broad SMARTS) is 1. The Hall–Kier alpha value is -4.08. The lowest BCUT2D eigenvalue weighted by Gasteiger charge is -2.22. The van der Waals surface area contributed by atoms with Crippen LogP contribution in [-0.2, 0) is 32.1 Å². The number of nitrogens with one attached hydrogen (secondary N) is 3. The van der Waals surface area contributed by atoms with Gasteiger partial charge in [0.1, 0.15) is 24.4 Å². The zero-order chi connectivity index (χ0) is 24.2. The van der Waals surface area contributed by atoms with E-state index < -0.39 is 36.0 Å². The van der Waals surface area contributed by atoms with Crippen molar-refractivity contribution >= 4 is 23.9 Å². The third-order valence-corrected chi connectivity index (χ3v) is 4.72. The molecule has 3 amide bonds. The minimum absolute atomic E-state index is 0.000299. The lowest BCUT2D eigenvalue weighted by atomic mass is 10.0. The van der Waals surface area contributed by atoms with Crippen molar-refractivity contribution in [3.05, 3.63) is 65.7 Å². The maximum absolute atomic E-state index is 12.9. The zero-order valence-electron chi connectivity index (χ0n) is 18.1. The third-order valence-electron chi connectivity index (χ3n) is 4.72. The predicted octanol–water partition coefficient (Wildman–Crippen LogP) is 1.33. The summed E-state index contributed by atoms with van der Waals surface area (Å²) in [5.41, 5.74) is 1.40. The van der Waals surface area contributed by atoms with Crippen LogP contribution in [0.1, 0.15) is 24.0 Å². The number of carboxylic acids is 1. The summed E-state index contributed by atoms with van der Waals surface area (Å²) in [6.45, 7) is -0.000299. The van der Waals surface area contributed by atoms with Crippen molar-refractivity contribution in [2.75, 3.05) is 7.05 Å². The van der Waals surface area contributed by atoms with Gasteiger partial charge in [0.15, 0.2) is 0 Å². The summed E-state index contributed by atoms with van der Waals surface area (Å²) in [4.78, 5) is 48.3. The number of aromatic hydroxyl groups is 1. The van der Waals surface area contributed by atoms with Crippen LogP contribution in [0, 0.1) is 0 Å². The first-order valence-electron chi connectivity index (χ1n) is 10.3. The fraction of sp³-hybridized carbons (Fsp3) is 0.304. The SMILES string of the molecule is CNC(=O)[C@H](CCC(=O)O)NC(=O)[C@H](Cc1ccc(O)cc1)NC(=O)OCc1ccccc1. The molecule has 5 N–H and O–H groups in total. The number of ether oxygens (including phenoxy) is 1. The van der Waals surface area contributed by atoms with Gasteiger partial charge < -0.3 is 30.9 Å². The van der Waals surface area contributed by atoms with Crippen LogP contribution in [0.25, 0.3) is 0 Å². The number of benzene rings is 2. The molecule has 10 heteroatoms. The minimum Gasteiger partial charge on any atom is -0.508 e. The average Bonchev–Trinajstić information content (AvgIpc) is 2.81. The van der Waals surface area contributed by atoms with Crippen LogP contribution < -0.4 is 16.0 Å². The van der Waals surface area contributed by atoms with Gasteiger partial charge in [0.25, 0.3) is 0 Å². The van der Waals surface area contributed by atoms with E-state index in [2.05, 4.69) is 16.0 Å². The van der Waals surface area contributed by atoms with E-state index in [0.29, 0.717) is 5.56 Å². The Balaban J connectivity index is 2.11. The van der Waals surface area contributed by atoms with Gasteiger partial charge in [-0.25, -0.2) is 4.79 Å². The number of hydrogen-bond donors (Lipinski definition) is 5. The van der Waals surface area contributed by atoms with E-state index >= 15 is 0 Å². The minimum atomic E-state index is -1.12. The molecule has 0 saturated carbocycles. The highest BCUT2D eigenvalue weighted by molar-refractivity contribution is 5.91. The van der Waals surface area contributed by atoms with Crippen LogP contribution in [0.3, 0.4) is 0 Å². The van der Waals surface area contributed by atoms with Crippen molar-refractivity contribution in [2.24, 2.45) is 0 Å². The van der Waals surface area contributed by atoms with Gasteiger partial charge in [-0.1, -0.05) is 42.5 Å². The fourth-order valence-corrected chi connectivity index (χ4v) is 2.97. The van der Waals surface area contributed by atoms with Crippen LogP contribution in [0.5, 0.6) is 5.75 Å². The fourth-order valence-electron chi connectivity index (χ4n) is 2.97. The van der Waals surface area contributed by atoms with Gasteiger partial charge in [-0.3, -0.25) is 14.4 Å². The van der Waals surface area contributed by atoms with E-state index in [4.69, 9.17) is 9.84 Å². The van der Waals surface area contributed by atoms with Crippen LogP contribution in [0.4, 0.5) is 4.79 Å². The molecule has 0 heterocycles. The molecular weight excluding hydrogens is 430 g/mol. The third kappa shape index (κ3) is 8.90. The Kier molecular flexibility index (Phi) is 9.69. The van der Waals surface area contributed by atoms with Gasteiger partial charge in [-0.2, -0.15) is 0 Å². The van der Waals surface area contributed by atoms with Gasteiger partial charge in [0.05, 0.1) is 0 Å². The van der Waals surface area contributed by atoms with Gasteiger partial charge in [-0.05, 0) is 29.7 Å². The molecule has 0 saturated heterocycles. The summed E-state index contributed by atoms with van der Waals surface area (Å²) in [6, 6.07) is 12.8. The first-order valence-corrected chi connectivity index (χ1v) is 10.3. The molecule has 0 aliphatic heterocycles. The molecule has 2 aromatic rings. The number of hydrogen-bond acceptors (Lipinski definition) is 6. The molecule has 0 bridgehead atoms. The molecule has 0 aliphatic rings. The molecule has 0 radical (unpaired) electrons. The Bertz CT molecular complexity index is 948. The smallest absolute Gasteiger partial charge is 0.408 e. The summed E-state index contributed by atoms with van der Waals surface area (Å²) in [7, 11) is 1.37. The number of phenolic OH excluding ortho intramolecular Hbond substituents is 1. The molecule has 0 spiro atoms. The number of carbonyl (C=O) groups excluding carboxylic acids is 3. The number of aliphatic carboxylic acids is 1. The molecule has 176 valence electrons. The molecule has 0 aliphatic carbocycles. The number of rotatable bonds is 11. The van der Waals surface area contributed by atoms with Gasteiger partial charge in [0.2, 0.25) is 11.8 Å². The second kappa shape index (κ2) is 12.7. The highest BCUT2D eigenvalue weighted by Crippen LogP contribution is 2.12. The summed E-state index contributed by atoms with van der Waals surface area (Å²) in [6.07, 6.45) is -1.23. The van der Waals surface area contributed by atoms with Crippen LogP contribution in [-0.4, -0.2) is 53.2 Å². The van der Waals surface area contributed by atoms with Crippen LogP contribution in [0.15, 0.2) is 54.6 Å². The molecule has 10 nitrogen and oxygen atoms in total. The van der Waals surface area contributed by atoms with Crippen molar-refractivity contribution in [3.8, 4) is 5.75 Å². The molecule has 33 heavy (non-hydrogen) atoms. The van der Waals surface area contributed by atoms with Crippen molar-refractivity contribution in [1.29, 1.82) is 0 Å². The number of amides is 3. The first-order chi connectivity index (χ1) is 15.8. The maximum Gasteiger partial charge on any atom is 0.408 e. The molecule has 2 rings (SSSR count). The van der Waals surface area contributed by atoms with Crippen molar-refractivity contribution in [1.82, 2.24) is 16.0 Å². The lowest BCUT2D eigenvalue weighted by Crippen LogP contribution is -2.54. The Labute approximate surface area is 191 Å². The molecule has 2 atom stereocenters. The van der Waals surface area contributed by atoms with E-state index in [0.717, 1.165) is 5.56 Å². The highest BCUT2D eigenvalue weighted by atomic mass is 16.5. The number of carbonyl (C=O) groups is 4. The summed E-state index contributed by atoms with van der Waals surface area (Å²) < 4.78 is 5.19. The number of phenols is 1. The van der Waals surface area contributed by atoms with E-state index in [1.54, 1.807) is 36.4 Å². The van der Waals surface area contributed by atoms with Gasteiger partial charge in [0, 0.05) is 19.9 Å². The highest BCUT2D eigenvalue weighted by Gasteiger charge is 2.27. The van der Waals surface area contributed by atoms with E-state index in [9.17, 15) is 24.3 Å². The summed E-state index contributed by atoms with van der Waals surface area (Å²) in [5.74, 6) is -2.30. The molecule has 0 fully saturated rings. The van der Waals surface area contributed by atoms with Gasteiger partial charge in [-0.15, -0.1) is 0 Å². The maximum atomic E-state index is 12.9. The van der Waals surface area contributed by atoms with Crippen molar-refractivity contribution in [2.45, 2.75) is 38.0 Å². The molecule has 0 aromatic heterocycles. The summed E-state index contributed by atoms with van der Waals surface area (Å²) >= 11 is 0. The largest absolute Gasteiger partial charge is 0.508 e. The van der Waals surface area contributed by atoms with E-state index in [-0.39, 0.29) is 31.6 Å². The lowest BCUT2D eigenvalue weighted by molar-refractivity contribution is -0.138. The van der Waals surface area contributed by atoms with E-state index in [1.165, 1.54) is 19.2 Å². The van der Waals surface area contributed by atoms with Gasteiger partial charge >= 0.3 is 12.1 Å². The topological polar surface area (TPSA) is 154 Å². The first kappa shape index (κ1) is 25.2. The second-order valence-electron chi connectivity index (χ2n) is 7.24. The monoisotopic (exact) mass is 457 g/mol. The van der Waals surface area contributed by atoms with E-state index in [1.807, 2.05) is 6.07 Å². The normalized spacial score (nSPS) is 12.2. The Morgan fingerprint density at radius 3 is 2.15 bits per heavy atom. The standard InChI is InChI=1S/C23H27N3O7/c1-24-21(30)18(11-12-20(28)29)25-22(31)19(13-15-7-9-17(27)10-8-15)26-23(32)33-14-16-5-3-2-4-6-16/h2-10,18-19,27H,11-14H2,1H3,(H,24,30)(H,25,31)(H,26,32)(H,28,29)/t18-,19-/m0/s1. The predicted molar refractivity (Wildman–Crippen MR) is 118 cm³/mol. The van der Waals surface area contributed by atoms with Crippen LogP contribution in [0.2, 0.25) is 0 Å². The van der Waals surface area contributed by atoms with Crippen molar-refractivity contribution < 1.29 is 34.1 Å². The summed E-state index contributed by atoms with van der Waals surface area (Å²) in [5, 5.41) is 25.8. The Morgan fingerprint density at radius 1 is 0.879 bits per heavy atom. The molecule has 0 unspecified atom stereocenters. The van der Waals surface area contributed by atoms with Crippen molar-refractivity contribution in [3.63, 3.8) is 0 Å². The number of likely N-dealkylation sites (N-methyl/N-ethyl adjacent to an activating group) is 1. The second-order valence-corrected chi connectivity index (χ2v) is 7.24. The molecular formula is C23H27N3O7. The quantitative estimate of drug-likeness (QED) is 0.341. The zero-order valence-corrected chi connectivity index (χ0v) is 18.1. The van der Waals surface area contributed by atoms with Crippen LogP contribution >= 0.6 is 0 Å². The molecule has 2 aromatic carbocycles. The Morgan fingerprint density at radius 2 is 1.55 bits per heavy atom. The average molecular weight is 457 g/mol. The number of alkyl carbamates (subject to hydrolysis) is 1.